The van der Waals surface area contributed by atoms with E-state index >= 15 is 0 Å². The van der Waals surface area contributed by atoms with Crippen LogP contribution in [0, 0.1) is 0 Å². The van der Waals surface area contributed by atoms with Crippen LogP contribution in [0.5, 0.6) is 5.75 Å². The van der Waals surface area contributed by atoms with E-state index in [1.807, 2.05) is 44.2 Å². The number of cyclic esters (lactones) is 1. The number of carbonyl (C=O) groups is 7. The molecular weight excluding hydrogens is 1140 g/mol. The van der Waals surface area contributed by atoms with E-state index in [1.165, 1.54) is 7.11 Å². The van der Waals surface area contributed by atoms with Crippen LogP contribution in [0.25, 0.3) is 32.7 Å². The minimum Gasteiger partial charge on any atom is -0.457 e. The van der Waals surface area contributed by atoms with Gasteiger partial charge in [0.25, 0.3) is 5.56 Å². The van der Waals surface area contributed by atoms with Crippen LogP contribution in [0.15, 0.2) is 88.8 Å². The summed E-state index contributed by atoms with van der Waals surface area (Å²) in [5, 5.41) is 15.2. The Bertz CT molecular complexity index is 3360. The van der Waals surface area contributed by atoms with Gasteiger partial charge in [0.15, 0.2) is 0 Å². The van der Waals surface area contributed by atoms with E-state index in [9.17, 15) is 38.4 Å². The summed E-state index contributed by atoms with van der Waals surface area (Å²) in [7, 11) is 1.46. The van der Waals surface area contributed by atoms with E-state index in [0.717, 1.165) is 34.9 Å². The molecule has 3 atom stereocenters. The molecule has 4 N–H and O–H groups in total. The highest BCUT2D eigenvalue weighted by Crippen LogP contribution is 2.43. The van der Waals surface area contributed by atoms with Gasteiger partial charge in [0.2, 0.25) is 29.2 Å². The molecule has 5 aromatic rings. The van der Waals surface area contributed by atoms with Crippen molar-refractivity contribution in [3.8, 4) is 17.1 Å². The Morgan fingerprint density at radius 1 is 0.830 bits per heavy atom. The second kappa shape index (κ2) is 33.3. The molecule has 0 fully saturated rings. The van der Waals surface area contributed by atoms with Gasteiger partial charge in [-0.05, 0) is 98.7 Å². The first kappa shape index (κ1) is 68.2. The normalized spacial score (nSPS) is 14.4. The van der Waals surface area contributed by atoms with Crippen molar-refractivity contribution in [2.45, 2.75) is 143 Å². The van der Waals surface area contributed by atoms with Crippen LogP contribution in [0.2, 0.25) is 0 Å². The number of ether oxygens (including phenoxy) is 8. The summed E-state index contributed by atoms with van der Waals surface area (Å²) in [5.41, 5.74) is 10.2. The number of aromatic nitrogens is 2. The topological polar surface area (TPSA) is 325 Å². The summed E-state index contributed by atoms with van der Waals surface area (Å²) in [6.07, 6.45) is 1.74. The summed E-state index contributed by atoms with van der Waals surface area (Å²) in [6.45, 7) is 14.7. The first-order valence-corrected chi connectivity index (χ1v) is 29.4. The van der Waals surface area contributed by atoms with Crippen LogP contribution in [0.4, 0.5) is 15.3 Å². The second-order valence-electron chi connectivity index (χ2n) is 21.6. The molecule has 4 amide bonds. The molecule has 4 heterocycles. The SMILES string of the molecule is CCCCCC(NC(=O)C(Cc1ccccc1)NC(=O)CC)C(=O)Nc1ccc(COC(=O)O[C@]2(CC)C(=O)OCc3c2cc2n(c3=O)Cc3c-2nc2ccc(OC(=O)OC(C)(C)C)cc2c3CC)cc1.COCC(=O)NCCOCCOCCN=[N+]=[N-]. The Hall–Kier alpha value is -8.90. The van der Waals surface area contributed by atoms with Gasteiger partial charge in [-0.2, -0.15) is 0 Å². The van der Waals surface area contributed by atoms with Gasteiger partial charge in [-0.15, -0.1) is 0 Å². The minimum absolute atomic E-state index is 0.0581. The highest BCUT2D eigenvalue weighted by atomic mass is 16.7. The summed E-state index contributed by atoms with van der Waals surface area (Å²) in [6, 6.07) is 20.8. The smallest absolute Gasteiger partial charge is 0.457 e. The molecule has 2 unspecified atom stereocenters. The van der Waals surface area contributed by atoms with E-state index < -0.39 is 58.9 Å². The van der Waals surface area contributed by atoms with Crippen molar-refractivity contribution in [1.82, 2.24) is 25.5 Å². The fourth-order valence-corrected chi connectivity index (χ4v) is 9.77. The van der Waals surface area contributed by atoms with E-state index in [2.05, 4.69) is 36.0 Å². The number of amides is 4. The number of benzene rings is 3. The number of nitrogens with zero attached hydrogens (tertiary/aromatic N) is 5. The molecule has 0 saturated carbocycles. The number of nitrogens with one attached hydrogen (secondary N) is 4. The summed E-state index contributed by atoms with van der Waals surface area (Å²) >= 11 is 0. The summed E-state index contributed by atoms with van der Waals surface area (Å²) in [4.78, 5) is 112. The fraction of sp³-hybridized carbons (Fsp3) is 0.476. The number of pyridine rings is 2. The molecule has 25 heteroatoms. The number of aryl methyl sites for hydroxylation is 1. The van der Waals surface area contributed by atoms with E-state index in [0.29, 0.717) is 86.9 Å². The Kier molecular flexibility index (Phi) is 25.8. The van der Waals surface area contributed by atoms with E-state index in [1.54, 1.807) is 87.7 Å². The molecule has 0 spiro atoms. The highest BCUT2D eigenvalue weighted by molar-refractivity contribution is 5.98. The highest BCUT2D eigenvalue weighted by Gasteiger charge is 2.51. The number of hydrogen-bond donors (Lipinski definition) is 4. The lowest BCUT2D eigenvalue weighted by Gasteiger charge is -2.35. The van der Waals surface area contributed by atoms with Gasteiger partial charge in [0.05, 0.1) is 55.4 Å². The van der Waals surface area contributed by atoms with Gasteiger partial charge in [0.1, 0.15) is 43.3 Å². The number of rotatable bonds is 29. The predicted octanol–water partition coefficient (Wildman–Crippen LogP) is 8.55. The van der Waals surface area contributed by atoms with Crippen molar-refractivity contribution >= 4 is 58.5 Å². The lowest BCUT2D eigenvalue weighted by Crippen LogP contribution is -2.53. The summed E-state index contributed by atoms with van der Waals surface area (Å²) < 4.78 is 44.2. The first-order chi connectivity index (χ1) is 42.3. The van der Waals surface area contributed by atoms with Crippen molar-refractivity contribution in [2.75, 3.05) is 58.6 Å². The van der Waals surface area contributed by atoms with Crippen LogP contribution < -0.4 is 31.6 Å². The Balaban J connectivity index is 0.000000632. The van der Waals surface area contributed by atoms with Crippen LogP contribution in [-0.4, -0.2) is 122 Å². The quantitative estimate of drug-likeness (QED) is 0.00650. The number of unbranched alkanes of at least 4 members (excludes halogenated alkanes) is 2. The lowest BCUT2D eigenvalue weighted by atomic mass is 9.85. The summed E-state index contributed by atoms with van der Waals surface area (Å²) in [5.74, 6) is -1.93. The molecule has 2 aromatic heterocycles. The number of esters is 1. The van der Waals surface area contributed by atoms with Crippen molar-refractivity contribution in [3.05, 3.63) is 133 Å². The average molecular weight is 1220 g/mol. The van der Waals surface area contributed by atoms with Crippen LogP contribution in [0.3, 0.4) is 0 Å². The second-order valence-corrected chi connectivity index (χ2v) is 21.6. The van der Waals surface area contributed by atoms with Crippen LogP contribution >= 0.6 is 0 Å². The monoisotopic (exact) mass is 1220 g/mol. The number of hydrogen-bond acceptors (Lipinski definition) is 18. The first-order valence-electron chi connectivity index (χ1n) is 29.4. The predicted molar refractivity (Wildman–Crippen MR) is 324 cm³/mol. The molecule has 0 bridgehead atoms. The van der Waals surface area contributed by atoms with Crippen LogP contribution in [-0.2, 0) is 95.3 Å². The molecule has 0 saturated heterocycles. The van der Waals surface area contributed by atoms with Gasteiger partial charge in [-0.25, -0.2) is 19.4 Å². The molecule has 25 nitrogen and oxygen atoms in total. The average Bonchev–Trinajstić information content (AvgIpc) is 1.53. The number of carbonyl (C=O) groups excluding carboxylic acids is 7. The molecule has 2 aliphatic heterocycles. The number of fused-ring (bicyclic) bond motifs is 5. The third kappa shape index (κ3) is 19.0. The zero-order chi connectivity index (χ0) is 63.8. The molecule has 0 aliphatic carbocycles. The largest absolute Gasteiger partial charge is 0.514 e. The Morgan fingerprint density at radius 2 is 1.57 bits per heavy atom. The van der Waals surface area contributed by atoms with E-state index in [4.69, 9.17) is 43.7 Å². The molecule has 0 radical (unpaired) electrons. The standard InChI is InChI=1S/C54H61N5O12.C9H18N4O4/c1-8-12-14-19-42(58-48(62)43(56-45(60)10-3)26-32-17-15-13-16-18-32)47(61)55-34-22-20-33(21-23-34)30-68-51(65)71-54(11-4)40-28-44-46-38(29-59(44)49(63)39(40)31-67-50(54)64)36(9-2)37-27-35(24-25-41(37)57-46)69-52(66)70-53(5,6)7;1-15-8-9(14)11-2-4-16-6-7-17-5-3-12-13-10/h13,15-18,20-25,27-28,42-43H,8-12,14,19,26,29-31H2,1-7H3,(H,55,61)(H,56,60)(H,58,62);2-8H2,1H3,(H,11,14)/t42?,43?,54-;/m0./s1. The van der Waals surface area contributed by atoms with Crippen molar-refractivity contribution < 1.29 is 71.5 Å². The van der Waals surface area contributed by atoms with E-state index in [-0.39, 0.29) is 74.3 Å². The molecular formula is C63H79N9O16. The molecule has 472 valence electrons. The van der Waals surface area contributed by atoms with Crippen molar-refractivity contribution in [3.63, 3.8) is 0 Å². The lowest BCUT2D eigenvalue weighted by molar-refractivity contribution is -0.175. The minimum atomic E-state index is -2.01. The molecule has 88 heavy (non-hydrogen) atoms. The molecule has 3 aromatic carbocycles. The number of azide groups is 1. The van der Waals surface area contributed by atoms with Gasteiger partial charge >= 0.3 is 18.3 Å². The third-order valence-corrected chi connectivity index (χ3v) is 14.1. The maximum atomic E-state index is 14.3. The maximum absolute atomic E-state index is 14.3. The molecule has 2 aliphatic rings. The van der Waals surface area contributed by atoms with Gasteiger partial charge in [-0.3, -0.25) is 24.0 Å². The van der Waals surface area contributed by atoms with Crippen molar-refractivity contribution in [2.24, 2.45) is 5.11 Å². The number of methoxy groups -OCH3 is 1. The fourth-order valence-electron chi connectivity index (χ4n) is 9.77. The molecule has 7 rings (SSSR count). The zero-order valence-corrected chi connectivity index (χ0v) is 51.2. The Labute approximate surface area is 510 Å². The third-order valence-electron chi connectivity index (χ3n) is 14.1. The zero-order valence-electron chi connectivity index (χ0n) is 51.2. The maximum Gasteiger partial charge on any atom is 0.514 e. The van der Waals surface area contributed by atoms with Gasteiger partial charge in [0, 0.05) is 60.2 Å². The Morgan fingerprint density at radius 3 is 2.24 bits per heavy atom. The van der Waals surface area contributed by atoms with Crippen LogP contribution in [0.1, 0.15) is 120 Å². The van der Waals surface area contributed by atoms with Crippen molar-refractivity contribution in [1.29, 1.82) is 0 Å². The number of anilines is 1. The van der Waals surface area contributed by atoms with Gasteiger partial charge in [-0.1, -0.05) is 94.5 Å². The van der Waals surface area contributed by atoms with Gasteiger partial charge < -0.3 is 63.7 Å².